The van der Waals surface area contributed by atoms with Crippen LogP contribution in [0.15, 0.2) is 76.9 Å². The number of carbonyl (C=O) groups excluding carboxylic acids is 1. The molecular weight excluding hydrogens is 588 g/mol. The molecule has 10 nitrogen and oxygen atoms in total. The van der Waals surface area contributed by atoms with Crippen LogP contribution in [0, 0.1) is 13.8 Å². The van der Waals surface area contributed by atoms with E-state index in [1.54, 1.807) is 18.9 Å². The standard InChI is InChI=1S/C34H38N6O4S/c1-21-11-12-27(22(2)15-21)40-31(19-30(39-40)34(3,4)5)38-33(41)37-23-9-8-10-24(16-23)45-32-25-17-28(43-7)29(44-14-13-42-6)18-26(25)35-20-36-32/h8-12,15-20H,13-14H2,1-7H3,(H2,37,38,41). The van der Waals surface area contributed by atoms with E-state index in [1.807, 2.05) is 61.5 Å². The summed E-state index contributed by atoms with van der Waals surface area (Å²) in [6.45, 7) is 11.2. The molecule has 0 radical (unpaired) electrons. The van der Waals surface area contributed by atoms with Crippen LogP contribution in [-0.2, 0) is 10.2 Å². The number of ether oxygens (including phenoxy) is 3. The highest BCUT2D eigenvalue weighted by Gasteiger charge is 2.22. The van der Waals surface area contributed by atoms with Gasteiger partial charge in [0.25, 0.3) is 0 Å². The maximum atomic E-state index is 13.3. The van der Waals surface area contributed by atoms with E-state index in [9.17, 15) is 4.79 Å². The fourth-order valence-electron chi connectivity index (χ4n) is 4.72. The second kappa shape index (κ2) is 13.6. The number of urea groups is 1. The van der Waals surface area contributed by atoms with Crippen molar-refractivity contribution in [1.29, 1.82) is 0 Å². The number of aromatic nitrogens is 4. The predicted octanol–water partition coefficient (Wildman–Crippen LogP) is 7.56. The maximum Gasteiger partial charge on any atom is 0.324 e. The first-order valence-electron chi connectivity index (χ1n) is 14.5. The summed E-state index contributed by atoms with van der Waals surface area (Å²) in [7, 11) is 3.22. The molecular formula is C34H38N6O4S. The van der Waals surface area contributed by atoms with E-state index >= 15 is 0 Å². The molecule has 0 spiro atoms. The summed E-state index contributed by atoms with van der Waals surface area (Å²) in [6, 6.07) is 19.0. The van der Waals surface area contributed by atoms with E-state index in [2.05, 4.69) is 54.4 Å². The van der Waals surface area contributed by atoms with Crippen LogP contribution >= 0.6 is 11.8 Å². The zero-order chi connectivity index (χ0) is 32.1. The highest BCUT2D eigenvalue weighted by molar-refractivity contribution is 7.99. The first kappa shape index (κ1) is 31.8. The molecule has 0 bridgehead atoms. The Morgan fingerprint density at radius 2 is 1.76 bits per heavy atom. The van der Waals surface area contributed by atoms with Crippen LogP contribution in [-0.4, -0.2) is 53.2 Å². The number of fused-ring (bicyclic) bond motifs is 1. The topological polar surface area (TPSA) is 112 Å². The lowest BCUT2D eigenvalue weighted by Gasteiger charge is -2.14. The van der Waals surface area contributed by atoms with Crippen LogP contribution in [0.3, 0.4) is 0 Å². The van der Waals surface area contributed by atoms with Gasteiger partial charge in [0.15, 0.2) is 11.5 Å². The Labute approximate surface area is 267 Å². The van der Waals surface area contributed by atoms with Gasteiger partial charge in [-0.2, -0.15) is 5.10 Å². The van der Waals surface area contributed by atoms with Crippen LogP contribution < -0.4 is 20.1 Å². The molecule has 0 aliphatic heterocycles. The van der Waals surface area contributed by atoms with Gasteiger partial charge in [-0.05, 0) is 49.7 Å². The predicted molar refractivity (Wildman–Crippen MR) is 178 cm³/mol. The molecule has 2 aromatic heterocycles. The van der Waals surface area contributed by atoms with Crippen LogP contribution in [0.1, 0.15) is 37.6 Å². The van der Waals surface area contributed by atoms with Crippen molar-refractivity contribution in [1.82, 2.24) is 19.7 Å². The van der Waals surface area contributed by atoms with Gasteiger partial charge in [-0.15, -0.1) is 0 Å². The van der Waals surface area contributed by atoms with Crippen molar-refractivity contribution in [3.63, 3.8) is 0 Å². The van der Waals surface area contributed by atoms with Gasteiger partial charge in [-0.3, -0.25) is 5.32 Å². The number of aryl methyl sites for hydroxylation is 2. The molecule has 45 heavy (non-hydrogen) atoms. The second-order valence-corrected chi connectivity index (χ2v) is 12.7. The van der Waals surface area contributed by atoms with Gasteiger partial charge in [0.05, 0.1) is 30.6 Å². The first-order chi connectivity index (χ1) is 21.5. The molecule has 2 amide bonds. The quantitative estimate of drug-likeness (QED) is 0.121. The Morgan fingerprint density at radius 3 is 2.49 bits per heavy atom. The van der Waals surface area contributed by atoms with Crippen molar-refractivity contribution < 1.29 is 19.0 Å². The number of hydrogen-bond acceptors (Lipinski definition) is 8. The molecule has 2 N–H and O–H groups in total. The number of nitrogens with one attached hydrogen (secondary N) is 2. The molecule has 0 saturated heterocycles. The summed E-state index contributed by atoms with van der Waals surface area (Å²) in [5.74, 6) is 1.75. The third-order valence-electron chi connectivity index (χ3n) is 7.04. The van der Waals surface area contributed by atoms with Crippen LogP contribution in [0.4, 0.5) is 16.3 Å². The minimum Gasteiger partial charge on any atom is -0.493 e. The average molecular weight is 627 g/mol. The molecule has 5 rings (SSSR count). The molecule has 0 aliphatic rings. The van der Waals surface area contributed by atoms with Crippen LogP contribution in [0.25, 0.3) is 16.6 Å². The lowest BCUT2D eigenvalue weighted by Crippen LogP contribution is -2.21. The fourth-order valence-corrected chi connectivity index (χ4v) is 5.65. The van der Waals surface area contributed by atoms with Gasteiger partial charge in [0.2, 0.25) is 0 Å². The Kier molecular flexibility index (Phi) is 9.60. The fraction of sp³-hybridized carbons (Fsp3) is 0.294. The van der Waals surface area contributed by atoms with Crippen molar-refractivity contribution in [2.75, 3.05) is 38.1 Å². The zero-order valence-corrected chi connectivity index (χ0v) is 27.4. The number of anilines is 2. The van der Waals surface area contributed by atoms with E-state index in [0.29, 0.717) is 36.2 Å². The van der Waals surface area contributed by atoms with Gasteiger partial charge < -0.3 is 19.5 Å². The lowest BCUT2D eigenvalue weighted by molar-refractivity contribution is 0.144. The molecule has 234 valence electrons. The zero-order valence-electron chi connectivity index (χ0n) is 26.6. The second-order valence-electron chi connectivity index (χ2n) is 11.6. The van der Waals surface area contributed by atoms with Gasteiger partial charge >= 0.3 is 6.03 Å². The summed E-state index contributed by atoms with van der Waals surface area (Å²) < 4.78 is 18.3. The molecule has 2 heterocycles. The smallest absolute Gasteiger partial charge is 0.324 e. The minimum absolute atomic E-state index is 0.198. The Bertz CT molecular complexity index is 1830. The van der Waals surface area contributed by atoms with Crippen LogP contribution in [0.2, 0.25) is 0 Å². The van der Waals surface area contributed by atoms with E-state index in [4.69, 9.17) is 19.3 Å². The van der Waals surface area contributed by atoms with Crippen molar-refractivity contribution >= 4 is 40.2 Å². The number of rotatable bonds is 10. The SMILES string of the molecule is COCCOc1cc2ncnc(Sc3cccc(NC(=O)Nc4cc(C(C)(C)C)nn4-c4ccc(C)cc4C)c3)c2cc1OC. The monoisotopic (exact) mass is 626 g/mol. The molecule has 0 aliphatic carbocycles. The third-order valence-corrected chi connectivity index (χ3v) is 8.04. The number of benzene rings is 3. The first-order valence-corrected chi connectivity index (χ1v) is 15.4. The molecule has 5 aromatic rings. The Morgan fingerprint density at radius 1 is 0.933 bits per heavy atom. The summed E-state index contributed by atoms with van der Waals surface area (Å²) in [4.78, 5) is 23.1. The van der Waals surface area contributed by atoms with Crippen molar-refractivity contribution in [3.8, 4) is 17.2 Å². The Hall–Kier alpha value is -4.61. The number of methoxy groups -OCH3 is 2. The van der Waals surface area contributed by atoms with Crippen LogP contribution in [0.5, 0.6) is 11.5 Å². The molecule has 0 unspecified atom stereocenters. The molecule has 11 heteroatoms. The Balaban J connectivity index is 1.36. The number of hydrogen-bond donors (Lipinski definition) is 2. The van der Waals surface area contributed by atoms with Gasteiger partial charge in [0, 0.05) is 40.6 Å². The van der Waals surface area contributed by atoms with E-state index in [0.717, 1.165) is 43.3 Å². The molecule has 0 atom stereocenters. The maximum absolute atomic E-state index is 13.3. The van der Waals surface area contributed by atoms with Crippen molar-refractivity contribution in [3.05, 3.63) is 83.8 Å². The van der Waals surface area contributed by atoms with E-state index < -0.39 is 0 Å². The number of amides is 2. The largest absolute Gasteiger partial charge is 0.493 e. The molecule has 3 aromatic carbocycles. The normalized spacial score (nSPS) is 11.4. The van der Waals surface area contributed by atoms with E-state index in [-0.39, 0.29) is 11.4 Å². The summed E-state index contributed by atoms with van der Waals surface area (Å²) >= 11 is 1.46. The van der Waals surface area contributed by atoms with Crippen molar-refractivity contribution in [2.24, 2.45) is 0 Å². The number of nitrogens with zero attached hydrogens (tertiary/aromatic N) is 4. The van der Waals surface area contributed by atoms with Gasteiger partial charge in [-0.1, -0.05) is 56.3 Å². The molecule has 0 saturated carbocycles. The van der Waals surface area contributed by atoms with E-state index in [1.165, 1.54) is 18.1 Å². The number of carbonyl (C=O) groups is 1. The average Bonchev–Trinajstić information content (AvgIpc) is 3.41. The third kappa shape index (κ3) is 7.55. The summed E-state index contributed by atoms with van der Waals surface area (Å²) in [5, 5.41) is 12.4. The molecule has 0 fully saturated rings. The van der Waals surface area contributed by atoms with Crippen molar-refractivity contribution in [2.45, 2.75) is 50.0 Å². The van der Waals surface area contributed by atoms with Gasteiger partial charge in [-0.25, -0.2) is 19.4 Å². The highest BCUT2D eigenvalue weighted by atomic mass is 32.2. The summed E-state index contributed by atoms with van der Waals surface area (Å²) in [5.41, 5.74) is 5.17. The minimum atomic E-state index is -0.373. The highest BCUT2D eigenvalue weighted by Crippen LogP contribution is 2.38. The summed E-state index contributed by atoms with van der Waals surface area (Å²) in [6.07, 6.45) is 1.52. The lowest BCUT2D eigenvalue weighted by atomic mass is 9.92. The van der Waals surface area contributed by atoms with Gasteiger partial charge in [0.1, 0.15) is 23.8 Å².